The van der Waals surface area contributed by atoms with E-state index in [1.54, 1.807) is 19.1 Å². The summed E-state index contributed by atoms with van der Waals surface area (Å²) in [6.07, 6.45) is -0.680. The lowest BCUT2D eigenvalue weighted by atomic mass is 10.2. The van der Waals surface area contributed by atoms with Crippen LogP contribution >= 0.6 is 0 Å². The molecule has 0 aliphatic rings. The van der Waals surface area contributed by atoms with E-state index in [-0.39, 0.29) is 24.0 Å². The summed E-state index contributed by atoms with van der Waals surface area (Å²) in [4.78, 5) is 12.2. The lowest BCUT2D eigenvalue weighted by molar-refractivity contribution is -0.127. The molecule has 2 rings (SSSR count). The van der Waals surface area contributed by atoms with Crippen LogP contribution in [0.2, 0.25) is 0 Å². The standard InChI is InChI=1S/C19H21F2NO4/c1-12-5-4-6-15(9-12)25-13(2)18(23)22-11-14-7-8-16(26-19(20)21)17(10-14)24-3/h4-10,13,19H,11H2,1-3H3,(H,22,23)/t13-/m1/s1. The molecule has 0 unspecified atom stereocenters. The van der Waals surface area contributed by atoms with Gasteiger partial charge in [-0.05, 0) is 49.2 Å². The highest BCUT2D eigenvalue weighted by molar-refractivity contribution is 5.80. The van der Waals surface area contributed by atoms with Crippen molar-refractivity contribution in [2.45, 2.75) is 33.1 Å². The van der Waals surface area contributed by atoms with Crippen LogP contribution in [0.25, 0.3) is 0 Å². The largest absolute Gasteiger partial charge is 0.493 e. The number of methoxy groups -OCH3 is 1. The number of hydrogen-bond acceptors (Lipinski definition) is 4. The number of hydrogen-bond donors (Lipinski definition) is 1. The van der Waals surface area contributed by atoms with Crippen LogP contribution in [0.5, 0.6) is 17.2 Å². The third-order valence-corrected chi connectivity index (χ3v) is 3.58. The Morgan fingerprint density at radius 2 is 1.88 bits per heavy atom. The number of alkyl halides is 2. The fourth-order valence-electron chi connectivity index (χ4n) is 2.29. The topological polar surface area (TPSA) is 56.8 Å². The zero-order valence-electron chi connectivity index (χ0n) is 14.8. The van der Waals surface area contributed by atoms with Gasteiger partial charge in [0.1, 0.15) is 5.75 Å². The van der Waals surface area contributed by atoms with Gasteiger partial charge >= 0.3 is 6.61 Å². The molecule has 26 heavy (non-hydrogen) atoms. The molecular formula is C19H21F2NO4. The molecule has 0 bridgehead atoms. The Bertz CT molecular complexity index is 752. The molecule has 0 spiro atoms. The summed E-state index contributed by atoms with van der Waals surface area (Å²) >= 11 is 0. The van der Waals surface area contributed by atoms with E-state index < -0.39 is 12.7 Å². The highest BCUT2D eigenvalue weighted by Gasteiger charge is 2.15. The van der Waals surface area contributed by atoms with Gasteiger partial charge in [0.15, 0.2) is 17.6 Å². The van der Waals surface area contributed by atoms with Gasteiger partial charge in [-0.15, -0.1) is 0 Å². The van der Waals surface area contributed by atoms with Crippen LogP contribution < -0.4 is 19.5 Å². The van der Waals surface area contributed by atoms with Crippen LogP contribution in [0, 0.1) is 6.92 Å². The van der Waals surface area contributed by atoms with Gasteiger partial charge in [-0.3, -0.25) is 4.79 Å². The summed E-state index contributed by atoms with van der Waals surface area (Å²) in [7, 11) is 1.35. The van der Waals surface area contributed by atoms with Crippen molar-refractivity contribution in [1.29, 1.82) is 0 Å². The third kappa shape index (κ3) is 5.61. The molecule has 0 heterocycles. The molecule has 7 heteroatoms. The van der Waals surface area contributed by atoms with E-state index >= 15 is 0 Å². The van der Waals surface area contributed by atoms with Crippen LogP contribution in [0.3, 0.4) is 0 Å². The lowest BCUT2D eigenvalue weighted by Crippen LogP contribution is -2.35. The Kier molecular flexibility index (Phi) is 6.77. The average molecular weight is 365 g/mol. The number of ether oxygens (including phenoxy) is 3. The van der Waals surface area contributed by atoms with Gasteiger partial charge in [-0.1, -0.05) is 18.2 Å². The van der Waals surface area contributed by atoms with Crippen LogP contribution in [-0.2, 0) is 11.3 Å². The Morgan fingerprint density at radius 1 is 1.12 bits per heavy atom. The minimum atomic E-state index is -2.94. The Labute approximate surface area is 150 Å². The predicted molar refractivity (Wildman–Crippen MR) is 92.7 cm³/mol. The maximum Gasteiger partial charge on any atom is 0.387 e. The van der Waals surface area contributed by atoms with Crippen LogP contribution in [0.4, 0.5) is 8.78 Å². The summed E-state index contributed by atoms with van der Waals surface area (Å²) in [5, 5.41) is 2.74. The number of halogens is 2. The molecule has 0 radical (unpaired) electrons. The van der Waals surface area contributed by atoms with Crippen LogP contribution in [0.1, 0.15) is 18.1 Å². The number of carbonyl (C=O) groups excluding carboxylic acids is 1. The van der Waals surface area contributed by atoms with Crippen molar-refractivity contribution >= 4 is 5.91 Å². The summed E-state index contributed by atoms with van der Waals surface area (Å²) in [6, 6.07) is 11.9. The molecule has 0 saturated heterocycles. The number of carbonyl (C=O) groups is 1. The molecule has 0 aliphatic carbocycles. The van der Waals surface area contributed by atoms with E-state index in [2.05, 4.69) is 10.1 Å². The second kappa shape index (κ2) is 9.03. The molecule has 0 saturated carbocycles. The van der Waals surface area contributed by atoms with Gasteiger partial charge < -0.3 is 19.5 Å². The first kappa shape index (κ1) is 19.5. The number of nitrogens with one attached hydrogen (secondary N) is 1. The fourth-order valence-corrected chi connectivity index (χ4v) is 2.29. The first-order valence-corrected chi connectivity index (χ1v) is 8.02. The minimum Gasteiger partial charge on any atom is -0.493 e. The quantitative estimate of drug-likeness (QED) is 0.775. The predicted octanol–water partition coefficient (Wildman–Crippen LogP) is 3.69. The first-order valence-electron chi connectivity index (χ1n) is 8.02. The number of aryl methyl sites for hydroxylation is 1. The molecule has 2 aromatic rings. The zero-order chi connectivity index (χ0) is 19.1. The maximum absolute atomic E-state index is 12.3. The van der Waals surface area contributed by atoms with Crippen LogP contribution in [-0.4, -0.2) is 25.7 Å². The highest BCUT2D eigenvalue weighted by atomic mass is 19.3. The Morgan fingerprint density at radius 3 is 2.54 bits per heavy atom. The van der Waals surface area contributed by atoms with E-state index in [9.17, 15) is 13.6 Å². The van der Waals surface area contributed by atoms with Gasteiger partial charge in [-0.25, -0.2) is 0 Å². The van der Waals surface area contributed by atoms with Crippen molar-refractivity contribution in [3.05, 3.63) is 53.6 Å². The third-order valence-electron chi connectivity index (χ3n) is 3.58. The Balaban J connectivity index is 1.93. The normalized spacial score (nSPS) is 11.8. The molecule has 140 valence electrons. The second-order valence-electron chi connectivity index (χ2n) is 5.66. The number of benzene rings is 2. The smallest absolute Gasteiger partial charge is 0.387 e. The monoisotopic (exact) mass is 365 g/mol. The summed E-state index contributed by atoms with van der Waals surface area (Å²) in [5.41, 5.74) is 1.72. The van der Waals surface area contributed by atoms with Crippen molar-refractivity contribution in [2.75, 3.05) is 7.11 Å². The molecule has 1 N–H and O–H groups in total. The van der Waals surface area contributed by atoms with E-state index in [1.807, 2.05) is 25.1 Å². The molecule has 5 nitrogen and oxygen atoms in total. The minimum absolute atomic E-state index is 0.0614. The Hall–Kier alpha value is -2.83. The van der Waals surface area contributed by atoms with E-state index in [4.69, 9.17) is 9.47 Å². The SMILES string of the molecule is COc1cc(CNC(=O)[C@@H](C)Oc2cccc(C)c2)ccc1OC(F)F. The summed E-state index contributed by atoms with van der Waals surface area (Å²) < 4.78 is 39.7. The number of rotatable bonds is 8. The molecule has 0 fully saturated rings. The van der Waals surface area contributed by atoms with E-state index in [0.29, 0.717) is 11.3 Å². The van der Waals surface area contributed by atoms with Crippen molar-refractivity contribution < 1.29 is 27.8 Å². The molecule has 2 aromatic carbocycles. The van der Waals surface area contributed by atoms with Crippen LogP contribution in [0.15, 0.2) is 42.5 Å². The van der Waals surface area contributed by atoms with Gasteiger partial charge in [0.05, 0.1) is 7.11 Å². The molecular weight excluding hydrogens is 344 g/mol. The van der Waals surface area contributed by atoms with Gasteiger partial charge in [0.2, 0.25) is 0 Å². The van der Waals surface area contributed by atoms with E-state index in [1.165, 1.54) is 19.2 Å². The average Bonchev–Trinajstić information content (AvgIpc) is 2.60. The first-order chi connectivity index (χ1) is 12.4. The lowest BCUT2D eigenvalue weighted by Gasteiger charge is -2.16. The maximum atomic E-state index is 12.3. The fraction of sp³-hybridized carbons (Fsp3) is 0.316. The van der Waals surface area contributed by atoms with Crippen molar-refractivity contribution in [1.82, 2.24) is 5.32 Å². The van der Waals surface area contributed by atoms with Crippen molar-refractivity contribution in [3.8, 4) is 17.2 Å². The zero-order valence-corrected chi connectivity index (χ0v) is 14.8. The molecule has 1 amide bonds. The van der Waals surface area contributed by atoms with E-state index in [0.717, 1.165) is 5.56 Å². The molecule has 0 aliphatic heterocycles. The highest BCUT2D eigenvalue weighted by Crippen LogP contribution is 2.29. The molecule has 0 aromatic heterocycles. The van der Waals surface area contributed by atoms with Gasteiger partial charge in [0, 0.05) is 6.54 Å². The van der Waals surface area contributed by atoms with Gasteiger partial charge in [-0.2, -0.15) is 8.78 Å². The van der Waals surface area contributed by atoms with Crippen molar-refractivity contribution in [3.63, 3.8) is 0 Å². The molecule has 1 atom stereocenters. The van der Waals surface area contributed by atoms with Gasteiger partial charge in [0.25, 0.3) is 5.91 Å². The summed E-state index contributed by atoms with van der Waals surface area (Å²) in [5.74, 6) is 0.427. The van der Waals surface area contributed by atoms with Crippen molar-refractivity contribution in [2.24, 2.45) is 0 Å². The summed E-state index contributed by atoms with van der Waals surface area (Å²) in [6.45, 7) is 0.852. The number of amides is 1. The second-order valence-corrected chi connectivity index (χ2v) is 5.66.